The summed E-state index contributed by atoms with van der Waals surface area (Å²) in [6.07, 6.45) is 8.55. The summed E-state index contributed by atoms with van der Waals surface area (Å²) in [6.45, 7) is 1.92. The van der Waals surface area contributed by atoms with Crippen molar-refractivity contribution >= 4 is 34.5 Å². The second-order valence-corrected chi connectivity index (χ2v) is 10.4. The van der Waals surface area contributed by atoms with Crippen molar-refractivity contribution in [1.29, 1.82) is 0 Å². The van der Waals surface area contributed by atoms with Crippen molar-refractivity contribution in [2.45, 2.75) is 37.8 Å². The number of hydrogen-bond acceptors (Lipinski definition) is 9. The van der Waals surface area contributed by atoms with E-state index in [-0.39, 0.29) is 5.75 Å². The van der Waals surface area contributed by atoms with Crippen LogP contribution in [0, 0.1) is 5.82 Å². The molecule has 11 heteroatoms. The molecule has 1 aromatic carbocycles. The van der Waals surface area contributed by atoms with Crippen LogP contribution in [0.2, 0.25) is 0 Å². The third-order valence-corrected chi connectivity index (χ3v) is 7.87. The molecule has 0 unspecified atom stereocenters. The number of aromatic nitrogens is 4. The Hall–Kier alpha value is -2.73. The summed E-state index contributed by atoms with van der Waals surface area (Å²) in [6, 6.07) is 6.97. The van der Waals surface area contributed by atoms with Crippen LogP contribution in [0.3, 0.4) is 0 Å². The van der Waals surface area contributed by atoms with Crippen LogP contribution in [0.25, 0.3) is 27.6 Å². The first-order valence-corrected chi connectivity index (χ1v) is 13.2. The number of rotatable bonds is 8. The molecule has 1 aliphatic carbocycles. The molecule has 1 saturated heterocycles. The molecule has 35 heavy (non-hydrogen) atoms. The number of hydrogen-bond donors (Lipinski definition) is 1. The van der Waals surface area contributed by atoms with Gasteiger partial charge in [0.15, 0.2) is 16.5 Å². The molecule has 1 aliphatic heterocycles. The average molecular weight is 513 g/mol. The van der Waals surface area contributed by atoms with Gasteiger partial charge in [-0.1, -0.05) is 0 Å². The number of nitrogens with one attached hydrogen (secondary N) is 1. The lowest BCUT2D eigenvalue weighted by Gasteiger charge is -2.30. The summed E-state index contributed by atoms with van der Waals surface area (Å²) in [5.41, 5.74) is 3.07. The second kappa shape index (κ2) is 9.73. The van der Waals surface area contributed by atoms with Crippen LogP contribution < -0.4 is 10.1 Å². The van der Waals surface area contributed by atoms with Crippen molar-refractivity contribution in [3.05, 3.63) is 47.9 Å². The third kappa shape index (κ3) is 4.86. The summed E-state index contributed by atoms with van der Waals surface area (Å²) in [5.74, 6) is 0.369. The van der Waals surface area contributed by atoms with Gasteiger partial charge in [-0.05, 0) is 49.9 Å². The maximum Gasteiger partial charge on any atom is 0.223 e. The lowest BCUT2D eigenvalue weighted by atomic mass is 10.1. The molecule has 2 aliphatic rings. The maximum absolute atomic E-state index is 14.0. The fourth-order valence-electron chi connectivity index (χ4n) is 4.14. The van der Waals surface area contributed by atoms with E-state index in [0.717, 1.165) is 53.5 Å². The van der Waals surface area contributed by atoms with E-state index in [0.29, 0.717) is 18.1 Å². The molecule has 6 rings (SSSR count). The lowest BCUT2D eigenvalue weighted by Crippen LogP contribution is -2.36. The summed E-state index contributed by atoms with van der Waals surface area (Å²) >= 11 is 3.05. The minimum Gasteiger partial charge on any atom is -0.494 e. The minimum absolute atomic E-state index is 0.182. The van der Waals surface area contributed by atoms with E-state index < -0.39 is 5.82 Å². The standard InChI is InChI=1S/C24H25FN6O2S2/c1-32-20-14-15(2-5-18(20)25)21-22(31-12-13-34-24(31)29-21)19-6-9-26-23(28-19)27-16-7-10-30(11-8-16)35-33-17-3-4-17/h2,5-6,9,12-14,16-17H,3-4,7-8,10-11H2,1H3,(H,26,27,28). The van der Waals surface area contributed by atoms with E-state index >= 15 is 0 Å². The largest absolute Gasteiger partial charge is 0.494 e. The summed E-state index contributed by atoms with van der Waals surface area (Å²) in [4.78, 5) is 15.0. The first-order chi connectivity index (χ1) is 17.2. The highest BCUT2D eigenvalue weighted by Gasteiger charge is 2.27. The lowest BCUT2D eigenvalue weighted by molar-refractivity contribution is 0.296. The fraction of sp³-hybridized carbons (Fsp3) is 0.375. The normalized spacial score (nSPS) is 17.2. The van der Waals surface area contributed by atoms with Crippen LogP contribution in [0.4, 0.5) is 10.3 Å². The predicted octanol–water partition coefficient (Wildman–Crippen LogP) is 5.29. The van der Waals surface area contributed by atoms with E-state index in [1.807, 2.05) is 22.0 Å². The number of benzene rings is 1. The molecule has 0 amide bonds. The molecular weight excluding hydrogens is 487 g/mol. The van der Waals surface area contributed by atoms with Gasteiger partial charge in [-0.2, -0.15) is 0 Å². The van der Waals surface area contributed by atoms with E-state index in [4.69, 9.17) is 18.9 Å². The summed E-state index contributed by atoms with van der Waals surface area (Å²) in [7, 11) is 1.46. The highest BCUT2D eigenvalue weighted by Crippen LogP contribution is 2.36. The van der Waals surface area contributed by atoms with Gasteiger partial charge in [0.2, 0.25) is 5.95 Å². The number of ether oxygens (including phenoxy) is 1. The zero-order valence-electron chi connectivity index (χ0n) is 19.2. The van der Waals surface area contributed by atoms with E-state index in [1.165, 1.54) is 49.6 Å². The SMILES string of the molecule is COc1cc(-c2nc3sccn3c2-c2ccnc(NC3CCN(SOC4CC4)CC3)n2)ccc1F. The molecular formula is C24H25FN6O2S2. The molecule has 0 radical (unpaired) electrons. The average Bonchev–Trinajstić information content (AvgIpc) is 3.48. The van der Waals surface area contributed by atoms with Gasteiger partial charge in [-0.25, -0.2) is 23.6 Å². The topological polar surface area (TPSA) is 76.8 Å². The first kappa shape index (κ1) is 22.7. The monoisotopic (exact) mass is 512 g/mol. The van der Waals surface area contributed by atoms with Crippen molar-refractivity contribution in [3.8, 4) is 28.4 Å². The van der Waals surface area contributed by atoms with Crippen LogP contribution >= 0.6 is 23.6 Å². The van der Waals surface area contributed by atoms with Crippen molar-refractivity contribution in [2.24, 2.45) is 0 Å². The van der Waals surface area contributed by atoms with Gasteiger partial charge >= 0.3 is 0 Å². The number of anilines is 1. The van der Waals surface area contributed by atoms with Gasteiger partial charge in [0.25, 0.3) is 0 Å². The smallest absolute Gasteiger partial charge is 0.223 e. The molecule has 8 nitrogen and oxygen atoms in total. The molecule has 2 fully saturated rings. The van der Waals surface area contributed by atoms with E-state index in [2.05, 4.69) is 14.6 Å². The Bertz CT molecular complexity index is 1330. The first-order valence-electron chi connectivity index (χ1n) is 11.7. The van der Waals surface area contributed by atoms with Crippen LogP contribution in [0.5, 0.6) is 5.75 Å². The van der Waals surface area contributed by atoms with E-state index in [1.54, 1.807) is 18.3 Å². The second-order valence-electron chi connectivity index (χ2n) is 8.70. The summed E-state index contributed by atoms with van der Waals surface area (Å²) in [5, 5.41) is 5.50. The van der Waals surface area contributed by atoms with Crippen molar-refractivity contribution < 1.29 is 13.3 Å². The predicted molar refractivity (Wildman–Crippen MR) is 136 cm³/mol. The number of thiazole rings is 1. The Kier molecular flexibility index (Phi) is 6.31. The number of nitrogens with zero attached hydrogens (tertiary/aromatic N) is 5. The Morgan fingerprint density at radius 2 is 2.00 bits per heavy atom. The van der Waals surface area contributed by atoms with Gasteiger partial charge in [0.05, 0.1) is 36.8 Å². The van der Waals surface area contributed by atoms with Crippen molar-refractivity contribution in [1.82, 2.24) is 23.7 Å². The number of piperidine rings is 1. The molecule has 0 spiro atoms. The van der Waals surface area contributed by atoms with Crippen LogP contribution in [0.1, 0.15) is 25.7 Å². The highest BCUT2D eigenvalue weighted by atomic mass is 32.2. The fourth-order valence-corrected chi connectivity index (χ4v) is 5.65. The maximum atomic E-state index is 14.0. The molecule has 4 aromatic rings. The zero-order valence-corrected chi connectivity index (χ0v) is 20.8. The van der Waals surface area contributed by atoms with E-state index in [9.17, 15) is 4.39 Å². The van der Waals surface area contributed by atoms with Gasteiger partial charge in [-0.15, -0.1) is 11.3 Å². The van der Waals surface area contributed by atoms with Gasteiger partial charge in [0, 0.05) is 42.5 Å². The van der Waals surface area contributed by atoms with Crippen LogP contribution in [-0.4, -0.2) is 56.0 Å². The zero-order chi connectivity index (χ0) is 23.8. The van der Waals surface area contributed by atoms with Crippen LogP contribution in [-0.2, 0) is 4.18 Å². The molecule has 1 N–H and O–H groups in total. The number of methoxy groups -OCH3 is 1. The Morgan fingerprint density at radius 3 is 2.80 bits per heavy atom. The Balaban J connectivity index is 1.24. The summed E-state index contributed by atoms with van der Waals surface area (Å²) < 4.78 is 29.3. The number of imidazole rings is 1. The molecule has 182 valence electrons. The highest BCUT2D eigenvalue weighted by molar-refractivity contribution is 7.92. The molecule has 3 aromatic heterocycles. The molecule has 1 saturated carbocycles. The minimum atomic E-state index is -0.407. The molecule has 0 atom stereocenters. The van der Waals surface area contributed by atoms with Crippen molar-refractivity contribution in [3.63, 3.8) is 0 Å². The molecule has 4 heterocycles. The Labute approximate surface area is 210 Å². The van der Waals surface area contributed by atoms with Gasteiger partial charge < -0.3 is 10.1 Å². The van der Waals surface area contributed by atoms with Gasteiger partial charge in [-0.3, -0.25) is 8.58 Å². The number of fused-ring (bicyclic) bond motifs is 1. The van der Waals surface area contributed by atoms with Crippen molar-refractivity contribution in [2.75, 3.05) is 25.5 Å². The number of halogens is 1. The Morgan fingerprint density at radius 1 is 1.14 bits per heavy atom. The van der Waals surface area contributed by atoms with Gasteiger partial charge in [0.1, 0.15) is 5.69 Å². The third-order valence-electron chi connectivity index (χ3n) is 6.18. The quantitative estimate of drug-likeness (QED) is 0.252. The molecule has 0 bridgehead atoms. The van der Waals surface area contributed by atoms with Crippen LogP contribution in [0.15, 0.2) is 42.0 Å².